The van der Waals surface area contributed by atoms with Crippen LogP contribution in [0.3, 0.4) is 0 Å². The summed E-state index contributed by atoms with van der Waals surface area (Å²) in [5.41, 5.74) is 3.11. The Balaban J connectivity index is 2.56. The van der Waals surface area contributed by atoms with Crippen LogP contribution in [0.15, 0.2) is 6.07 Å². The molecule has 0 aliphatic heterocycles. The van der Waals surface area contributed by atoms with E-state index in [4.69, 9.17) is 16.9 Å². The fourth-order valence-electron chi connectivity index (χ4n) is 2.39. The Labute approximate surface area is 100 Å². The molecule has 3 heteroatoms. The van der Waals surface area contributed by atoms with Crippen molar-refractivity contribution >= 4 is 11.6 Å². The van der Waals surface area contributed by atoms with E-state index >= 15 is 0 Å². The first-order valence-corrected chi connectivity index (χ1v) is 6.01. The molecule has 0 fully saturated rings. The van der Waals surface area contributed by atoms with Crippen LogP contribution in [0.2, 0.25) is 5.02 Å². The first kappa shape index (κ1) is 11.3. The quantitative estimate of drug-likeness (QED) is 0.759. The van der Waals surface area contributed by atoms with Crippen LogP contribution in [0.5, 0.6) is 5.75 Å². The van der Waals surface area contributed by atoms with E-state index in [-0.39, 0.29) is 12.2 Å². The first-order chi connectivity index (χ1) is 7.74. The molecule has 0 saturated carbocycles. The lowest BCUT2D eigenvalue weighted by molar-refractivity contribution is 0.468. The predicted octanol–water partition coefficient (Wildman–Crippen LogP) is 3.38. The summed E-state index contributed by atoms with van der Waals surface area (Å²) in [7, 11) is 0. The highest BCUT2D eigenvalue weighted by molar-refractivity contribution is 6.32. The van der Waals surface area contributed by atoms with E-state index in [2.05, 4.69) is 6.07 Å². The van der Waals surface area contributed by atoms with Gasteiger partial charge in [-0.25, -0.2) is 0 Å². The molecule has 0 spiro atoms. The highest BCUT2D eigenvalue weighted by Crippen LogP contribution is 2.36. The van der Waals surface area contributed by atoms with E-state index in [1.807, 2.05) is 6.07 Å². The Morgan fingerprint density at radius 1 is 1.31 bits per heavy atom. The van der Waals surface area contributed by atoms with Gasteiger partial charge in [-0.05, 0) is 42.9 Å². The minimum atomic E-state index is 0.101. The second-order valence-corrected chi connectivity index (χ2v) is 4.63. The molecule has 0 heterocycles. The molecule has 1 aromatic rings. The van der Waals surface area contributed by atoms with Crippen LogP contribution in [-0.4, -0.2) is 5.11 Å². The topological polar surface area (TPSA) is 44.0 Å². The molecule has 1 N–H and O–H groups in total. The van der Waals surface area contributed by atoms with Crippen LogP contribution in [0.25, 0.3) is 0 Å². The van der Waals surface area contributed by atoms with E-state index in [9.17, 15) is 5.11 Å². The summed E-state index contributed by atoms with van der Waals surface area (Å²) in [6.45, 7) is 0. The van der Waals surface area contributed by atoms with E-state index < -0.39 is 0 Å². The third kappa shape index (κ3) is 2.01. The van der Waals surface area contributed by atoms with Crippen LogP contribution in [0, 0.1) is 11.3 Å². The van der Waals surface area contributed by atoms with Gasteiger partial charge in [0, 0.05) is 5.56 Å². The van der Waals surface area contributed by atoms with Gasteiger partial charge in [-0.2, -0.15) is 5.26 Å². The lowest BCUT2D eigenvalue weighted by Crippen LogP contribution is -1.99. The number of nitriles is 1. The normalized spacial score (nSPS) is 15.0. The van der Waals surface area contributed by atoms with E-state index in [1.165, 1.54) is 18.4 Å². The zero-order valence-corrected chi connectivity index (χ0v) is 9.85. The van der Waals surface area contributed by atoms with Crippen LogP contribution in [-0.2, 0) is 19.3 Å². The van der Waals surface area contributed by atoms with Crippen LogP contribution in [0.1, 0.15) is 36.0 Å². The summed E-state index contributed by atoms with van der Waals surface area (Å²) >= 11 is 5.98. The van der Waals surface area contributed by atoms with Crippen molar-refractivity contribution < 1.29 is 5.11 Å². The molecule has 0 saturated heterocycles. The van der Waals surface area contributed by atoms with Crippen molar-refractivity contribution in [2.45, 2.75) is 38.5 Å². The van der Waals surface area contributed by atoms with Crippen molar-refractivity contribution in [3.05, 3.63) is 27.8 Å². The van der Waals surface area contributed by atoms with E-state index in [1.54, 1.807) is 0 Å². The number of hydrogen-bond acceptors (Lipinski definition) is 2. The molecular formula is C13H14ClNO. The smallest absolute Gasteiger partial charge is 0.138 e. The molecular weight excluding hydrogens is 222 g/mol. The minimum absolute atomic E-state index is 0.101. The molecule has 0 bridgehead atoms. The van der Waals surface area contributed by atoms with Gasteiger partial charge in [0.05, 0.1) is 17.5 Å². The van der Waals surface area contributed by atoms with Crippen molar-refractivity contribution in [1.29, 1.82) is 5.26 Å². The van der Waals surface area contributed by atoms with Gasteiger partial charge in [0.1, 0.15) is 5.75 Å². The fourth-order valence-corrected chi connectivity index (χ4v) is 2.63. The Hall–Kier alpha value is -1.20. The van der Waals surface area contributed by atoms with Crippen molar-refractivity contribution in [2.24, 2.45) is 0 Å². The van der Waals surface area contributed by atoms with Crippen molar-refractivity contribution in [2.75, 3.05) is 0 Å². The molecule has 2 rings (SSSR count). The van der Waals surface area contributed by atoms with Crippen LogP contribution in [0.4, 0.5) is 0 Å². The number of nitrogens with zero attached hydrogens (tertiary/aromatic N) is 1. The number of halogens is 1. The summed E-state index contributed by atoms with van der Waals surface area (Å²) in [4.78, 5) is 0. The monoisotopic (exact) mass is 235 g/mol. The average molecular weight is 236 g/mol. The fraction of sp³-hybridized carbons (Fsp3) is 0.462. The van der Waals surface area contributed by atoms with E-state index in [0.29, 0.717) is 5.02 Å². The van der Waals surface area contributed by atoms with Crippen molar-refractivity contribution in [1.82, 2.24) is 0 Å². The molecule has 2 nitrogen and oxygen atoms in total. The van der Waals surface area contributed by atoms with Crippen molar-refractivity contribution in [3.63, 3.8) is 0 Å². The summed E-state index contributed by atoms with van der Waals surface area (Å²) in [6.07, 6.45) is 5.71. The number of fused-ring (bicyclic) bond motifs is 1. The summed E-state index contributed by atoms with van der Waals surface area (Å²) < 4.78 is 0. The summed E-state index contributed by atoms with van der Waals surface area (Å²) in [5.74, 6) is 0.101. The van der Waals surface area contributed by atoms with Gasteiger partial charge in [-0.3, -0.25) is 0 Å². The van der Waals surface area contributed by atoms with Crippen LogP contribution < -0.4 is 0 Å². The Kier molecular flexibility index (Phi) is 3.36. The van der Waals surface area contributed by atoms with Gasteiger partial charge in [0.2, 0.25) is 0 Å². The molecule has 0 amide bonds. The minimum Gasteiger partial charge on any atom is -0.506 e. The molecule has 0 unspecified atom stereocenters. The van der Waals surface area contributed by atoms with Gasteiger partial charge < -0.3 is 5.11 Å². The maximum absolute atomic E-state index is 9.89. The number of phenols is 1. The SMILES string of the molecule is N#CCc1c(O)c(Cl)cc2c1CCCCC2. The largest absolute Gasteiger partial charge is 0.506 e. The van der Waals surface area contributed by atoms with E-state index in [0.717, 1.165) is 30.4 Å². The number of hydrogen-bond donors (Lipinski definition) is 1. The second-order valence-electron chi connectivity index (χ2n) is 4.22. The average Bonchev–Trinajstić information content (AvgIpc) is 2.50. The summed E-state index contributed by atoms with van der Waals surface area (Å²) in [6, 6.07) is 3.96. The van der Waals surface area contributed by atoms with Gasteiger partial charge >= 0.3 is 0 Å². The molecule has 1 aromatic carbocycles. The molecule has 1 aliphatic carbocycles. The van der Waals surface area contributed by atoms with Gasteiger partial charge in [-0.1, -0.05) is 18.0 Å². The number of rotatable bonds is 1. The van der Waals surface area contributed by atoms with Gasteiger partial charge in [0.25, 0.3) is 0 Å². The molecule has 0 aromatic heterocycles. The van der Waals surface area contributed by atoms with Gasteiger partial charge in [0.15, 0.2) is 0 Å². The predicted molar refractivity (Wildman–Crippen MR) is 63.7 cm³/mol. The summed E-state index contributed by atoms with van der Waals surface area (Å²) in [5, 5.41) is 19.1. The Morgan fingerprint density at radius 3 is 2.81 bits per heavy atom. The Bertz CT molecular complexity index is 448. The molecule has 0 radical (unpaired) electrons. The van der Waals surface area contributed by atoms with Crippen molar-refractivity contribution in [3.8, 4) is 11.8 Å². The van der Waals surface area contributed by atoms with Crippen LogP contribution >= 0.6 is 11.6 Å². The second kappa shape index (κ2) is 4.76. The van der Waals surface area contributed by atoms with Gasteiger partial charge in [-0.15, -0.1) is 0 Å². The molecule has 84 valence electrons. The number of phenolic OH excluding ortho intramolecular Hbond substituents is 1. The highest BCUT2D eigenvalue weighted by atomic mass is 35.5. The maximum atomic E-state index is 9.89. The maximum Gasteiger partial charge on any atom is 0.138 e. The first-order valence-electron chi connectivity index (χ1n) is 5.63. The third-order valence-electron chi connectivity index (χ3n) is 3.19. The highest BCUT2D eigenvalue weighted by Gasteiger charge is 2.17. The third-order valence-corrected chi connectivity index (χ3v) is 3.48. The lowest BCUT2D eigenvalue weighted by Gasteiger charge is -2.13. The Morgan fingerprint density at radius 2 is 2.06 bits per heavy atom. The molecule has 16 heavy (non-hydrogen) atoms. The zero-order valence-electron chi connectivity index (χ0n) is 9.09. The number of aromatic hydroxyl groups is 1. The zero-order chi connectivity index (χ0) is 11.5. The number of benzene rings is 1. The standard InChI is InChI=1S/C13H14ClNO/c14-12-8-9-4-2-1-3-5-10(9)11(6-7-15)13(12)16/h8,16H,1-6H2. The molecule has 0 atom stereocenters. The number of aryl methyl sites for hydroxylation is 1. The molecule has 1 aliphatic rings. The lowest BCUT2D eigenvalue weighted by atomic mass is 9.94.